The van der Waals surface area contributed by atoms with Gasteiger partial charge in [0.15, 0.2) is 10.4 Å². The maximum absolute atomic E-state index is 5.43. The first-order valence-electron chi connectivity index (χ1n) is 6.27. The number of fused-ring (bicyclic) bond motifs is 1. The second-order valence-electron chi connectivity index (χ2n) is 4.54. The number of imidazole rings is 1. The van der Waals surface area contributed by atoms with Gasteiger partial charge in [-0.15, -0.1) is 0 Å². The summed E-state index contributed by atoms with van der Waals surface area (Å²) in [7, 11) is 0. The van der Waals surface area contributed by atoms with Crippen molar-refractivity contribution in [3.05, 3.63) is 10.5 Å². The van der Waals surface area contributed by atoms with E-state index in [1.165, 1.54) is 0 Å². The maximum atomic E-state index is 5.43. The topological polar surface area (TPSA) is 38.5 Å². The van der Waals surface area contributed by atoms with Crippen LogP contribution in [0, 0.1) is 11.7 Å². The summed E-state index contributed by atoms with van der Waals surface area (Å²) >= 11 is 5.43. The average Bonchev–Trinajstić information content (AvgIpc) is 2.76. The summed E-state index contributed by atoms with van der Waals surface area (Å²) in [4.78, 5) is 3.28. The van der Waals surface area contributed by atoms with Gasteiger partial charge in [0.05, 0.1) is 5.69 Å². The first kappa shape index (κ1) is 12.4. The lowest BCUT2D eigenvalue weighted by Crippen LogP contribution is -2.09. The standard InChI is InChI=1S/C12H20N4S/c1-5-7-8(3)16-11-10(13-12(16)17)9(4)14-15(11)6-2/h8H,5-7H2,1-4H3,(H,13,17). The third-order valence-corrected chi connectivity index (χ3v) is 3.53. The molecule has 2 aromatic heterocycles. The van der Waals surface area contributed by atoms with Crippen LogP contribution in [0.15, 0.2) is 0 Å². The molecule has 0 bridgehead atoms. The van der Waals surface area contributed by atoms with Crippen molar-refractivity contribution in [3.8, 4) is 0 Å². The van der Waals surface area contributed by atoms with E-state index in [-0.39, 0.29) is 0 Å². The van der Waals surface area contributed by atoms with Gasteiger partial charge < -0.3 is 4.98 Å². The van der Waals surface area contributed by atoms with Crippen LogP contribution in [-0.2, 0) is 6.54 Å². The van der Waals surface area contributed by atoms with Crippen LogP contribution in [0.5, 0.6) is 0 Å². The minimum absolute atomic E-state index is 0.419. The monoisotopic (exact) mass is 252 g/mol. The van der Waals surface area contributed by atoms with Gasteiger partial charge in [-0.25, -0.2) is 4.68 Å². The molecule has 0 aliphatic heterocycles. The van der Waals surface area contributed by atoms with Crippen molar-refractivity contribution in [1.29, 1.82) is 0 Å². The van der Waals surface area contributed by atoms with Crippen LogP contribution < -0.4 is 0 Å². The molecule has 4 nitrogen and oxygen atoms in total. The lowest BCUT2D eigenvalue weighted by molar-refractivity contribution is 0.493. The van der Waals surface area contributed by atoms with Crippen molar-refractivity contribution in [2.45, 2.75) is 53.1 Å². The molecule has 0 aliphatic carbocycles. The van der Waals surface area contributed by atoms with Crippen molar-refractivity contribution in [2.75, 3.05) is 0 Å². The number of H-pyrrole nitrogens is 1. The lowest BCUT2D eigenvalue weighted by atomic mass is 10.2. The van der Waals surface area contributed by atoms with Crippen molar-refractivity contribution < 1.29 is 0 Å². The summed E-state index contributed by atoms with van der Waals surface area (Å²) in [6, 6.07) is 0.419. The lowest BCUT2D eigenvalue weighted by Gasteiger charge is -2.13. The highest BCUT2D eigenvalue weighted by Gasteiger charge is 2.16. The molecule has 17 heavy (non-hydrogen) atoms. The molecule has 5 heteroatoms. The first-order chi connectivity index (χ1) is 8.10. The quantitative estimate of drug-likeness (QED) is 0.845. The highest BCUT2D eigenvalue weighted by atomic mass is 32.1. The third-order valence-electron chi connectivity index (χ3n) is 3.23. The Bertz CT molecular complexity index is 575. The zero-order chi connectivity index (χ0) is 12.6. The van der Waals surface area contributed by atoms with Crippen molar-refractivity contribution in [3.63, 3.8) is 0 Å². The van der Waals surface area contributed by atoms with Gasteiger partial charge in [-0.1, -0.05) is 13.3 Å². The fourth-order valence-corrected chi connectivity index (χ4v) is 2.77. The van der Waals surface area contributed by atoms with E-state index in [2.05, 4.69) is 35.4 Å². The minimum Gasteiger partial charge on any atom is -0.328 e. The molecule has 0 saturated heterocycles. The van der Waals surface area contributed by atoms with E-state index in [0.29, 0.717) is 6.04 Å². The van der Waals surface area contributed by atoms with Crippen LogP contribution >= 0.6 is 12.2 Å². The predicted molar refractivity (Wildman–Crippen MR) is 72.9 cm³/mol. The molecule has 2 rings (SSSR count). The van der Waals surface area contributed by atoms with Crippen molar-refractivity contribution in [1.82, 2.24) is 19.3 Å². The van der Waals surface area contributed by atoms with Crippen molar-refractivity contribution >= 4 is 23.4 Å². The highest BCUT2D eigenvalue weighted by Crippen LogP contribution is 2.24. The average molecular weight is 252 g/mol. The predicted octanol–water partition coefficient (Wildman–Crippen LogP) is 3.58. The maximum Gasteiger partial charge on any atom is 0.179 e. The number of rotatable bonds is 4. The molecule has 2 aromatic rings. The summed E-state index contributed by atoms with van der Waals surface area (Å²) in [6.45, 7) is 9.42. The summed E-state index contributed by atoms with van der Waals surface area (Å²) in [6.07, 6.45) is 2.30. The second-order valence-corrected chi connectivity index (χ2v) is 4.92. The third kappa shape index (κ3) is 1.92. The molecular formula is C12H20N4S. The van der Waals surface area contributed by atoms with E-state index >= 15 is 0 Å². The van der Waals surface area contributed by atoms with Gasteiger partial charge in [-0.05, 0) is 39.4 Å². The fraction of sp³-hybridized carbons (Fsp3) is 0.667. The van der Waals surface area contributed by atoms with Crippen molar-refractivity contribution in [2.24, 2.45) is 0 Å². The molecule has 0 radical (unpaired) electrons. The van der Waals surface area contributed by atoms with E-state index in [1.54, 1.807) is 0 Å². The largest absolute Gasteiger partial charge is 0.328 e. The van der Waals surface area contributed by atoms with E-state index in [1.807, 2.05) is 11.6 Å². The number of hydrogen-bond acceptors (Lipinski definition) is 2. The van der Waals surface area contributed by atoms with E-state index < -0.39 is 0 Å². The van der Waals surface area contributed by atoms with Gasteiger partial charge >= 0.3 is 0 Å². The van der Waals surface area contributed by atoms with Crippen LogP contribution in [0.1, 0.15) is 45.3 Å². The Morgan fingerprint density at radius 1 is 1.41 bits per heavy atom. The van der Waals surface area contributed by atoms with Crippen LogP contribution in [0.4, 0.5) is 0 Å². The molecule has 2 heterocycles. The van der Waals surface area contributed by atoms with E-state index in [4.69, 9.17) is 12.2 Å². The van der Waals surface area contributed by atoms with Gasteiger partial charge in [0.25, 0.3) is 0 Å². The van der Waals surface area contributed by atoms with Crippen LogP contribution in [-0.4, -0.2) is 19.3 Å². The number of nitrogens with zero attached hydrogens (tertiary/aromatic N) is 3. The molecule has 0 fully saturated rings. The molecule has 0 amide bonds. The Labute approximate surface area is 107 Å². The van der Waals surface area contributed by atoms with E-state index in [9.17, 15) is 0 Å². The fourth-order valence-electron chi connectivity index (χ4n) is 2.40. The molecular weight excluding hydrogens is 232 g/mol. The van der Waals surface area contributed by atoms with Gasteiger partial charge in [0.2, 0.25) is 0 Å². The SMILES string of the molecule is CCCC(C)n1c(=S)[nH]c2c(C)nn(CC)c21. The first-order valence-corrected chi connectivity index (χ1v) is 6.68. The molecule has 0 aliphatic rings. The van der Waals surface area contributed by atoms with Gasteiger partial charge in [-0.3, -0.25) is 4.57 Å². The molecule has 94 valence electrons. The zero-order valence-corrected chi connectivity index (χ0v) is 11.8. The molecule has 0 aromatic carbocycles. The Hall–Kier alpha value is -1.10. The number of aryl methyl sites for hydroxylation is 2. The summed E-state index contributed by atoms with van der Waals surface area (Å²) in [5.74, 6) is 0. The second kappa shape index (κ2) is 4.64. The van der Waals surface area contributed by atoms with Gasteiger partial charge in [0, 0.05) is 12.6 Å². The number of hydrogen-bond donors (Lipinski definition) is 1. The molecule has 0 spiro atoms. The Kier molecular flexibility index (Phi) is 3.38. The number of nitrogens with one attached hydrogen (secondary N) is 1. The molecule has 1 N–H and O–H groups in total. The number of aromatic amines is 1. The summed E-state index contributed by atoms with van der Waals surface area (Å²) < 4.78 is 5.05. The molecule has 1 atom stereocenters. The van der Waals surface area contributed by atoms with Gasteiger partial charge in [-0.2, -0.15) is 5.10 Å². The normalized spacial score (nSPS) is 13.4. The van der Waals surface area contributed by atoms with E-state index in [0.717, 1.165) is 41.0 Å². The number of aromatic nitrogens is 4. The zero-order valence-electron chi connectivity index (χ0n) is 10.9. The van der Waals surface area contributed by atoms with Crippen LogP contribution in [0.25, 0.3) is 11.2 Å². The Morgan fingerprint density at radius 3 is 2.71 bits per heavy atom. The molecule has 1 unspecified atom stereocenters. The van der Waals surface area contributed by atoms with Gasteiger partial charge in [0.1, 0.15) is 5.52 Å². The van der Waals surface area contributed by atoms with Crippen LogP contribution in [0.2, 0.25) is 0 Å². The summed E-state index contributed by atoms with van der Waals surface area (Å²) in [5.41, 5.74) is 3.24. The minimum atomic E-state index is 0.419. The summed E-state index contributed by atoms with van der Waals surface area (Å²) in [5, 5.41) is 4.53. The smallest absolute Gasteiger partial charge is 0.179 e. The Balaban J connectivity index is 2.68. The Morgan fingerprint density at radius 2 is 2.12 bits per heavy atom. The molecule has 0 saturated carbocycles. The van der Waals surface area contributed by atoms with Crippen LogP contribution in [0.3, 0.4) is 0 Å². The highest BCUT2D eigenvalue weighted by molar-refractivity contribution is 7.71.